The summed E-state index contributed by atoms with van der Waals surface area (Å²) in [6, 6.07) is 12.3. The Bertz CT molecular complexity index is 869. The molecule has 0 aromatic heterocycles. The Morgan fingerprint density at radius 2 is 1.62 bits per heavy atom. The number of carbonyl (C=O) groups is 2. The molecule has 0 heterocycles. The van der Waals surface area contributed by atoms with Gasteiger partial charge >= 0.3 is 12.1 Å². The zero-order chi connectivity index (χ0) is 20.6. The second-order valence-corrected chi connectivity index (χ2v) is 7.11. The maximum Gasteiger partial charge on any atom is 0.411 e. The maximum absolute atomic E-state index is 13.3. The van der Waals surface area contributed by atoms with Crippen LogP contribution in [0.2, 0.25) is 0 Å². The largest absolute Gasteiger partial charge is 0.478 e. The fourth-order valence-corrected chi connectivity index (χ4v) is 3.63. The lowest BCUT2D eigenvalue weighted by molar-refractivity contribution is 0.0697. The SMILES string of the molecule is O=C(Nc1ccc(C(=O)O)cc1)OC/C=C(\c1ccc(F)cc1)C1CCCCC1. The van der Waals surface area contributed by atoms with E-state index in [0.29, 0.717) is 11.6 Å². The minimum Gasteiger partial charge on any atom is -0.478 e. The van der Waals surface area contributed by atoms with Gasteiger partial charge in [-0.25, -0.2) is 14.0 Å². The molecule has 0 aliphatic heterocycles. The summed E-state index contributed by atoms with van der Waals surface area (Å²) in [5.74, 6) is -0.925. The van der Waals surface area contributed by atoms with Crippen molar-refractivity contribution in [1.29, 1.82) is 0 Å². The number of carboxylic acids is 1. The third-order valence-electron chi connectivity index (χ3n) is 5.12. The van der Waals surface area contributed by atoms with E-state index >= 15 is 0 Å². The molecule has 0 atom stereocenters. The molecule has 2 aromatic rings. The van der Waals surface area contributed by atoms with E-state index in [2.05, 4.69) is 5.32 Å². The molecule has 0 spiro atoms. The number of hydrogen-bond donors (Lipinski definition) is 2. The van der Waals surface area contributed by atoms with Crippen molar-refractivity contribution in [2.75, 3.05) is 11.9 Å². The van der Waals surface area contributed by atoms with Gasteiger partial charge in [0.05, 0.1) is 5.56 Å². The van der Waals surface area contributed by atoms with Gasteiger partial charge in [-0.05, 0) is 72.4 Å². The first-order valence-electron chi connectivity index (χ1n) is 9.76. The van der Waals surface area contributed by atoms with Crippen LogP contribution < -0.4 is 5.32 Å². The molecule has 5 nitrogen and oxygen atoms in total. The summed E-state index contributed by atoms with van der Waals surface area (Å²) in [6.45, 7) is 0.0995. The highest BCUT2D eigenvalue weighted by Crippen LogP contribution is 2.35. The number of hydrogen-bond acceptors (Lipinski definition) is 3. The molecule has 2 N–H and O–H groups in total. The van der Waals surface area contributed by atoms with Gasteiger partial charge in [0.2, 0.25) is 0 Å². The zero-order valence-corrected chi connectivity index (χ0v) is 16.1. The average Bonchev–Trinajstić information content (AvgIpc) is 2.73. The third kappa shape index (κ3) is 5.91. The number of carboxylic acid groups (broad SMARTS) is 1. The van der Waals surface area contributed by atoms with Crippen LogP contribution in [0.25, 0.3) is 5.57 Å². The molecule has 152 valence electrons. The molecule has 0 radical (unpaired) electrons. The second kappa shape index (κ2) is 9.87. The second-order valence-electron chi connectivity index (χ2n) is 7.11. The lowest BCUT2D eigenvalue weighted by atomic mass is 9.81. The Balaban J connectivity index is 1.63. The summed E-state index contributed by atoms with van der Waals surface area (Å²) in [5, 5.41) is 11.5. The van der Waals surface area contributed by atoms with E-state index in [0.717, 1.165) is 36.8 Å². The highest BCUT2D eigenvalue weighted by molar-refractivity contribution is 5.89. The van der Waals surface area contributed by atoms with Gasteiger partial charge in [-0.1, -0.05) is 31.4 Å². The Morgan fingerprint density at radius 3 is 2.24 bits per heavy atom. The average molecular weight is 397 g/mol. The summed E-state index contributed by atoms with van der Waals surface area (Å²) < 4.78 is 18.6. The van der Waals surface area contributed by atoms with Crippen LogP contribution in [0.5, 0.6) is 0 Å². The van der Waals surface area contributed by atoms with E-state index in [1.54, 1.807) is 12.1 Å². The molecule has 1 amide bonds. The van der Waals surface area contributed by atoms with Crippen molar-refractivity contribution in [2.45, 2.75) is 32.1 Å². The van der Waals surface area contributed by atoms with E-state index in [-0.39, 0.29) is 18.0 Å². The van der Waals surface area contributed by atoms with Gasteiger partial charge in [0, 0.05) is 5.69 Å². The fraction of sp³-hybridized carbons (Fsp3) is 0.304. The summed E-state index contributed by atoms with van der Waals surface area (Å²) in [7, 11) is 0. The third-order valence-corrected chi connectivity index (χ3v) is 5.12. The van der Waals surface area contributed by atoms with Crippen LogP contribution in [0.3, 0.4) is 0 Å². The smallest absolute Gasteiger partial charge is 0.411 e. The molecule has 3 rings (SSSR count). The van der Waals surface area contributed by atoms with Gasteiger partial charge in [0.25, 0.3) is 0 Å². The Hall–Kier alpha value is -3.15. The number of amides is 1. The van der Waals surface area contributed by atoms with Crippen molar-refractivity contribution in [1.82, 2.24) is 0 Å². The van der Waals surface area contributed by atoms with Crippen LogP contribution >= 0.6 is 0 Å². The van der Waals surface area contributed by atoms with Gasteiger partial charge in [0.1, 0.15) is 12.4 Å². The summed E-state index contributed by atoms with van der Waals surface area (Å²) in [5.41, 5.74) is 2.63. The Labute approximate surface area is 169 Å². The van der Waals surface area contributed by atoms with E-state index in [1.165, 1.54) is 42.8 Å². The van der Waals surface area contributed by atoms with Crippen LogP contribution in [0.4, 0.5) is 14.9 Å². The Morgan fingerprint density at radius 1 is 1.00 bits per heavy atom. The lowest BCUT2D eigenvalue weighted by Gasteiger charge is -2.25. The van der Waals surface area contributed by atoms with Crippen molar-refractivity contribution in [3.05, 3.63) is 71.6 Å². The Kier molecular flexibility index (Phi) is 7.00. The number of halogens is 1. The van der Waals surface area contributed by atoms with Crippen LogP contribution in [0.1, 0.15) is 48.0 Å². The molecule has 29 heavy (non-hydrogen) atoms. The molecular formula is C23H24FNO4. The van der Waals surface area contributed by atoms with Gasteiger partial charge in [-0.2, -0.15) is 0 Å². The predicted molar refractivity (Wildman–Crippen MR) is 109 cm³/mol. The number of benzene rings is 2. The number of ether oxygens (including phenoxy) is 1. The molecule has 0 unspecified atom stereocenters. The predicted octanol–water partition coefficient (Wildman–Crippen LogP) is 5.74. The molecule has 6 heteroatoms. The first-order chi connectivity index (χ1) is 14.0. The van der Waals surface area contributed by atoms with Crippen LogP contribution in [-0.4, -0.2) is 23.8 Å². The summed E-state index contributed by atoms with van der Waals surface area (Å²) >= 11 is 0. The number of aromatic carboxylic acids is 1. The van der Waals surface area contributed by atoms with Crippen molar-refractivity contribution in [2.24, 2.45) is 5.92 Å². The zero-order valence-electron chi connectivity index (χ0n) is 16.1. The number of rotatable bonds is 6. The lowest BCUT2D eigenvalue weighted by Crippen LogP contribution is -2.15. The van der Waals surface area contributed by atoms with E-state index in [4.69, 9.17) is 9.84 Å². The van der Waals surface area contributed by atoms with E-state index in [9.17, 15) is 14.0 Å². The molecule has 0 bridgehead atoms. The fourth-order valence-electron chi connectivity index (χ4n) is 3.63. The van der Waals surface area contributed by atoms with E-state index < -0.39 is 12.1 Å². The monoisotopic (exact) mass is 397 g/mol. The van der Waals surface area contributed by atoms with Crippen LogP contribution in [0.15, 0.2) is 54.6 Å². The topological polar surface area (TPSA) is 75.6 Å². The van der Waals surface area contributed by atoms with E-state index in [1.807, 2.05) is 6.08 Å². The van der Waals surface area contributed by atoms with Crippen molar-refractivity contribution < 1.29 is 23.8 Å². The van der Waals surface area contributed by atoms with Gasteiger partial charge < -0.3 is 9.84 Å². The normalized spacial score (nSPS) is 15.0. The molecule has 1 aliphatic rings. The van der Waals surface area contributed by atoms with Crippen molar-refractivity contribution in [3.63, 3.8) is 0 Å². The molecule has 1 fully saturated rings. The summed E-state index contributed by atoms with van der Waals surface area (Å²) in [6.07, 6.45) is 6.99. The number of carbonyl (C=O) groups excluding carboxylic acids is 1. The minimum atomic E-state index is -1.03. The molecule has 1 aliphatic carbocycles. The maximum atomic E-state index is 13.3. The highest BCUT2D eigenvalue weighted by atomic mass is 19.1. The van der Waals surface area contributed by atoms with Gasteiger partial charge in [-0.15, -0.1) is 0 Å². The number of nitrogens with one attached hydrogen (secondary N) is 1. The highest BCUT2D eigenvalue weighted by Gasteiger charge is 2.19. The molecule has 1 saturated carbocycles. The first-order valence-corrected chi connectivity index (χ1v) is 9.76. The minimum absolute atomic E-state index is 0.0995. The molecule has 0 saturated heterocycles. The van der Waals surface area contributed by atoms with Crippen molar-refractivity contribution in [3.8, 4) is 0 Å². The van der Waals surface area contributed by atoms with Crippen molar-refractivity contribution >= 4 is 23.3 Å². The van der Waals surface area contributed by atoms with Gasteiger partial charge in [0.15, 0.2) is 0 Å². The van der Waals surface area contributed by atoms with Crippen LogP contribution in [0, 0.1) is 11.7 Å². The summed E-state index contributed by atoms with van der Waals surface area (Å²) in [4.78, 5) is 22.9. The number of allylic oxidation sites excluding steroid dienone is 1. The quantitative estimate of drug-likeness (QED) is 0.652. The molecular weight excluding hydrogens is 373 g/mol. The number of anilines is 1. The molecule has 2 aromatic carbocycles. The first kappa shape index (κ1) is 20.6. The van der Waals surface area contributed by atoms with Crippen LogP contribution in [-0.2, 0) is 4.74 Å². The standard InChI is InChI=1S/C23H24FNO4/c24-19-10-6-17(7-11-19)21(16-4-2-1-3-5-16)14-15-29-23(28)25-20-12-8-18(9-13-20)22(26)27/h6-14,16H,1-5,15H2,(H,25,28)(H,26,27)/b21-14-. The van der Waals surface area contributed by atoms with Gasteiger partial charge in [-0.3, -0.25) is 5.32 Å².